The quantitative estimate of drug-likeness (QED) is 0.845. The van der Waals surface area contributed by atoms with Crippen molar-refractivity contribution in [3.63, 3.8) is 0 Å². The second-order valence-corrected chi connectivity index (χ2v) is 6.96. The molecule has 1 N–H and O–H groups in total. The molecule has 1 unspecified atom stereocenters. The normalized spacial score (nSPS) is 16.5. The SMILES string of the molecule is CCC(=O)N(Cc1ccc(Cl)cc1)C(C)C(=O)NC1CCCCC1. The van der Waals surface area contributed by atoms with E-state index < -0.39 is 6.04 Å². The van der Waals surface area contributed by atoms with Crippen LogP contribution in [-0.4, -0.2) is 28.8 Å². The van der Waals surface area contributed by atoms with E-state index >= 15 is 0 Å². The van der Waals surface area contributed by atoms with Crippen LogP contribution in [0.25, 0.3) is 0 Å². The van der Waals surface area contributed by atoms with E-state index in [4.69, 9.17) is 11.6 Å². The van der Waals surface area contributed by atoms with Crippen LogP contribution in [-0.2, 0) is 16.1 Å². The molecule has 24 heavy (non-hydrogen) atoms. The maximum absolute atomic E-state index is 12.6. The Morgan fingerprint density at radius 1 is 1.21 bits per heavy atom. The minimum Gasteiger partial charge on any atom is -0.352 e. The summed E-state index contributed by atoms with van der Waals surface area (Å²) < 4.78 is 0. The van der Waals surface area contributed by atoms with Crippen molar-refractivity contribution in [3.8, 4) is 0 Å². The van der Waals surface area contributed by atoms with Gasteiger partial charge in [-0.2, -0.15) is 0 Å². The van der Waals surface area contributed by atoms with Gasteiger partial charge in [0.15, 0.2) is 0 Å². The van der Waals surface area contributed by atoms with E-state index in [1.165, 1.54) is 19.3 Å². The fourth-order valence-electron chi connectivity index (χ4n) is 3.14. The van der Waals surface area contributed by atoms with Crippen molar-refractivity contribution in [3.05, 3.63) is 34.9 Å². The molecule has 5 heteroatoms. The van der Waals surface area contributed by atoms with Crippen LogP contribution in [0.4, 0.5) is 0 Å². The van der Waals surface area contributed by atoms with Gasteiger partial charge >= 0.3 is 0 Å². The summed E-state index contributed by atoms with van der Waals surface area (Å²) in [4.78, 5) is 26.6. The Labute approximate surface area is 149 Å². The maximum atomic E-state index is 12.6. The van der Waals surface area contributed by atoms with E-state index in [1.54, 1.807) is 17.0 Å². The van der Waals surface area contributed by atoms with E-state index in [2.05, 4.69) is 5.32 Å². The van der Waals surface area contributed by atoms with Crippen molar-refractivity contribution in [2.45, 2.75) is 71.0 Å². The van der Waals surface area contributed by atoms with E-state index in [9.17, 15) is 9.59 Å². The largest absolute Gasteiger partial charge is 0.352 e. The summed E-state index contributed by atoms with van der Waals surface area (Å²) in [5.41, 5.74) is 0.971. The molecule has 1 aromatic carbocycles. The molecule has 1 atom stereocenters. The summed E-state index contributed by atoms with van der Waals surface area (Å²) in [6.45, 7) is 4.05. The highest BCUT2D eigenvalue weighted by atomic mass is 35.5. The van der Waals surface area contributed by atoms with E-state index in [-0.39, 0.29) is 17.9 Å². The first-order valence-electron chi connectivity index (χ1n) is 8.85. The summed E-state index contributed by atoms with van der Waals surface area (Å²) in [5, 5.41) is 3.78. The third-order valence-corrected chi connectivity index (χ3v) is 4.94. The van der Waals surface area contributed by atoms with Crippen LogP contribution in [0.1, 0.15) is 57.9 Å². The van der Waals surface area contributed by atoms with Crippen LogP contribution >= 0.6 is 11.6 Å². The highest BCUT2D eigenvalue weighted by molar-refractivity contribution is 6.30. The number of hydrogen-bond acceptors (Lipinski definition) is 2. The lowest BCUT2D eigenvalue weighted by atomic mass is 9.95. The fraction of sp³-hybridized carbons (Fsp3) is 0.579. The summed E-state index contributed by atoms with van der Waals surface area (Å²) in [6.07, 6.45) is 6.05. The van der Waals surface area contributed by atoms with Crippen LogP contribution in [0.15, 0.2) is 24.3 Å². The van der Waals surface area contributed by atoms with E-state index in [0.717, 1.165) is 18.4 Å². The number of nitrogens with zero attached hydrogens (tertiary/aromatic N) is 1. The van der Waals surface area contributed by atoms with Crippen LogP contribution in [0.5, 0.6) is 0 Å². The molecular formula is C19H27ClN2O2. The van der Waals surface area contributed by atoms with Crippen LogP contribution in [0.3, 0.4) is 0 Å². The van der Waals surface area contributed by atoms with Crippen molar-refractivity contribution in [2.75, 3.05) is 0 Å². The molecule has 0 aromatic heterocycles. The van der Waals surface area contributed by atoms with Gasteiger partial charge in [-0.1, -0.05) is 49.9 Å². The zero-order valence-electron chi connectivity index (χ0n) is 14.6. The van der Waals surface area contributed by atoms with Crippen LogP contribution < -0.4 is 5.32 Å². The monoisotopic (exact) mass is 350 g/mol. The molecule has 0 radical (unpaired) electrons. The Kier molecular flexibility index (Phi) is 7.10. The number of nitrogens with one attached hydrogen (secondary N) is 1. The second kappa shape index (κ2) is 9.07. The number of amides is 2. The lowest BCUT2D eigenvalue weighted by molar-refractivity contribution is -0.140. The number of halogens is 1. The van der Waals surface area contributed by atoms with Gasteiger partial charge < -0.3 is 10.2 Å². The Morgan fingerprint density at radius 3 is 2.42 bits per heavy atom. The van der Waals surface area contributed by atoms with Gasteiger partial charge in [-0.15, -0.1) is 0 Å². The molecule has 0 bridgehead atoms. The summed E-state index contributed by atoms with van der Waals surface area (Å²) >= 11 is 5.91. The first kappa shape index (κ1) is 18.8. The minimum atomic E-state index is -0.477. The molecular weight excluding hydrogens is 324 g/mol. The molecule has 2 rings (SSSR count). The molecule has 1 aliphatic carbocycles. The number of benzene rings is 1. The lowest BCUT2D eigenvalue weighted by Gasteiger charge is -2.31. The molecule has 0 spiro atoms. The van der Waals surface area contributed by atoms with Crippen molar-refractivity contribution in [1.29, 1.82) is 0 Å². The van der Waals surface area contributed by atoms with Crippen molar-refractivity contribution in [2.24, 2.45) is 0 Å². The number of carbonyl (C=O) groups excluding carboxylic acids is 2. The number of hydrogen-bond donors (Lipinski definition) is 1. The predicted molar refractivity (Wildman–Crippen MR) is 96.8 cm³/mol. The maximum Gasteiger partial charge on any atom is 0.242 e. The molecule has 2 amide bonds. The fourth-order valence-corrected chi connectivity index (χ4v) is 3.27. The molecule has 132 valence electrons. The first-order valence-corrected chi connectivity index (χ1v) is 9.23. The van der Waals surface area contributed by atoms with E-state index in [0.29, 0.717) is 18.0 Å². The second-order valence-electron chi connectivity index (χ2n) is 6.52. The lowest BCUT2D eigenvalue weighted by Crippen LogP contribution is -2.50. The number of rotatable bonds is 6. The zero-order valence-corrected chi connectivity index (χ0v) is 15.3. The van der Waals surface area contributed by atoms with Gasteiger partial charge in [-0.3, -0.25) is 9.59 Å². The molecule has 0 heterocycles. The highest BCUT2D eigenvalue weighted by Crippen LogP contribution is 2.18. The molecule has 1 fully saturated rings. The Morgan fingerprint density at radius 2 is 1.83 bits per heavy atom. The van der Waals surface area contributed by atoms with Gasteiger partial charge in [0.2, 0.25) is 11.8 Å². The standard InChI is InChI=1S/C19H27ClN2O2/c1-3-18(23)22(13-15-9-11-16(20)12-10-15)14(2)19(24)21-17-7-5-4-6-8-17/h9-12,14,17H,3-8,13H2,1-2H3,(H,21,24). The number of carbonyl (C=O) groups is 2. The average molecular weight is 351 g/mol. The van der Waals surface area contributed by atoms with E-state index in [1.807, 2.05) is 26.0 Å². The Bertz CT molecular complexity index is 553. The molecule has 1 aliphatic rings. The van der Waals surface area contributed by atoms with Gasteiger partial charge in [0.05, 0.1) is 0 Å². The van der Waals surface area contributed by atoms with Gasteiger partial charge in [0.25, 0.3) is 0 Å². The predicted octanol–water partition coefficient (Wildman–Crippen LogP) is 3.92. The zero-order chi connectivity index (χ0) is 17.5. The minimum absolute atomic E-state index is 0.0174. The van der Waals surface area contributed by atoms with Crippen LogP contribution in [0, 0.1) is 0 Å². The Hall–Kier alpha value is -1.55. The average Bonchev–Trinajstić information content (AvgIpc) is 2.61. The third-order valence-electron chi connectivity index (χ3n) is 4.69. The van der Waals surface area contributed by atoms with Gasteiger partial charge in [-0.05, 0) is 37.5 Å². The summed E-state index contributed by atoms with van der Waals surface area (Å²) in [5.74, 6) is -0.0751. The van der Waals surface area contributed by atoms with Gasteiger partial charge in [0, 0.05) is 24.0 Å². The smallest absolute Gasteiger partial charge is 0.242 e. The summed E-state index contributed by atoms with van der Waals surface area (Å²) in [7, 11) is 0. The topological polar surface area (TPSA) is 49.4 Å². The molecule has 4 nitrogen and oxygen atoms in total. The molecule has 0 saturated heterocycles. The molecule has 1 aromatic rings. The molecule has 0 aliphatic heterocycles. The van der Waals surface area contributed by atoms with Crippen molar-refractivity contribution in [1.82, 2.24) is 10.2 Å². The van der Waals surface area contributed by atoms with Crippen LogP contribution in [0.2, 0.25) is 5.02 Å². The van der Waals surface area contributed by atoms with Crippen molar-refractivity contribution < 1.29 is 9.59 Å². The highest BCUT2D eigenvalue weighted by Gasteiger charge is 2.27. The Balaban J connectivity index is 2.03. The van der Waals surface area contributed by atoms with Gasteiger partial charge in [-0.25, -0.2) is 0 Å². The van der Waals surface area contributed by atoms with Gasteiger partial charge in [0.1, 0.15) is 6.04 Å². The summed E-state index contributed by atoms with van der Waals surface area (Å²) in [6, 6.07) is 7.17. The molecule has 1 saturated carbocycles. The van der Waals surface area contributed by atoms with Crippen molar-refractivity contribution >= 4 is 23.4 Å². The first-order chi connectivity index (χ1) is 11.5. The third kappa shape index (κ3) is 5.23.